The van der Waals surface area contributed by atoms with E-state index in [1.165, 1.54) is 20.3 Å². The molecule has 0 spiro atoms. The van der Waals surface area contributed by atoms with Gasteiger partial charge in [0.1, 0.15) is 23.6 Å². The Morgan fingerprint density at radius 3 is 2.52 bits per heavy atom. The standard InChI is InChI=1S/C16H15F3N2O4/c1-24-10-5-6-13(25-2)12(8-10)20-14(22)9-21-7-3-4-11(15(21)23)16(17,18)19/h3-8H,9H2,1-2H3,(H,20,22). The van der Waals surface area contributed by atoms with Gasteiger partial charge < -0.3 is 19.4 Å². The van der Waals surface area contributed by atoms with Crippen molar-refractivity contribution in [2.45, 2.75) is 12.7 Å². The minimum absolute atomic E-state index is 0.270. The number of halogens is 3. The van der Waals surface area contributed by atoms with Gasteiger partial charge in [-0.05, 0) is 24.3 Å². The fourth-order valence-electron chi connectivity index (χ4n) is 2.13. The van der Waals surface area contributed by atoms with Crippen LogP contribution in [-0.2, 0) is 17.5 Å². The molecule has 1 amide bonds. The molecule has 1 heterocycles. The molecule has 0 bridgehead atoms. The maximum Gasteiger partial charge on any atom is 0.421 e. The van der Waals surface area contributed by atoms with Crippen LogP contribution in [0.1, 0.15) is 5.56 Å². The molecule has 134 valence electrons. The van der Waals surface area contributed by atoms with E-state index in [1.807, 2.05) is 0 Å². The summed E-state index contributed by atoms with van der Waals surface area (Å²) in [6.07, 6.45) is -3.67. The summed E-state index contributed by atoms with van der Waals surface area (Å²) < 4.78 is 49.1. The van der Waals surface area contributed by atoms with Gasteiger partial charge in [0.25, 0.3) is 5.56 Å². The molecule has 0 aliphatic heterocycles. The highest BCUT2D eigenvalue weighted by atomic mass is 19.4. The molecule has 25 heavy (non-hydrogen) atoms. The van der Waals surface area contributed by atoms with E-state index in [9.17, 15) is 22.8 Å². The molecule has 2 rings (SSSR count). The van der Waals surface area contributed by atoms with Gasteiger partial charge in [0.15, 0.2) is 0 Å². The van der Waals surface area contributed by atoms with Crippen molar-refractivity contribution in [2.24, 2.45) is 0 Å². The number of alkyl halides is 3. The number of amides is 1. The first-order chi connectivity index (χ1) is 11.8. The van der Waals surface area contributed by atoms with Crippen LogP contribution in [0.2, 0.25) is 0 Å². The Morgan fingerprint density at radius 2 is 1.92 bits per heavy atom. The number of anilines is 1. The van der Waals surface area contributed by atoms with Gasteiger partial charge in [-0.25, -0.2) is 0 Å². The Balaban J connectivity index is 2.23. The second-order valence-corrected chi connectivity index (χ2v) is 4.97. The van der Waals surface area contributed by atoms with E-state index in [4.69, 9.17) is 9.47 Å². The third kappa shape index (κ3) is 4.31. The molecule has 1 N–H and O–H groups in total. The molecule has 2 aromatic rings. The second-order valence-electron chi connectivity index (χ2n) is 4.97. The molecule has 0 atom stereocenters. The van der Waals surface area contributed by atoms with Crippen molar-refractivity contribution in [2.75, 3.05) is 19.5 Å². The van der Waals surface area contributed by atoms with E-state index in [0.29, 0.717) is 22.1 Å². The van der Waals surface area contributed by atoms with E-state index in [-0.39, 0.29) is 5.69 Å². The minimum atomic E-state index is -4.79. The minimum Gasteiger partial charge on any atom is -0.497 e. The summed E-state index contributed by atoms with van der Waals surface area (Å²) in [5.41, 5.74) is -2.35. The first kappa shape index (κ1) is 18.4. The summed E-state index contributed by atoms with van der Waals surface area (Å²) in [6, 6.07) is 6.40. The van der Waals surface area contributed by atoms with Crippen LogP contribution in [0.15, 0.2) is 41.3 Å². The second kappa shape index (κ2) is 7.29. The lowest BCUT2D eigenvalue weighted by Crippen LogP contribution is -2.32. The van der Waals surface area contributed by atoms with Crippen molar-refractivity contribution in [3.8, 4) is 11.5 Å². The van der Waals surface area contributed by atoms with Crippen LogP contribution in [-0.4, -0.2) is 24.7 Å². The number of pyridine rings is 1. The van der Waals surface area contributed by atoms with E-state index in [0.717, 1.165) is 12.3 Å². The predicted octanol–water partition coefficient (Wildman–Crippen LogP) is 2.52. The summed E-state index contributed by atoms with van der Waals surface area (Å²) in [5.74, 6) is 0.103. The average molecular weight is 356 g/mol. The van der Waals surface area contributed by atoms with Gasteiger partial charge in [-0.15, -0.1) is 0 Å². The van der Waals surface area contributed by atoms with Crippen LogP contribution in [0.5, 0.6) is 11.5 Å². The SMILES string of the molecule is COc1ccc(OC)c(NC(=O)Cn2cccc(C(F)(F)F)c2=O)c1. The lowest BCUT2D eigenvalue weighted by molar-refractivity contribution is -0.139. The molecule has 0 aliphatic carbocycles. The molecule has 0 saturated heterocycles. The van der Waals surface area contributed by atoms with Crippen LogP contribution in [0.3, 0.4) is 0 Å². The molecule has 0 unspecified atom stereocenters. The lowest BCUT2D eigenvalue weighted by Gasteiger charge is -2.13. The largest absolute Gasteiger partial charge is 0.497 e. The number of rotatable bonds is 5. The molecule has 1 aromatic carbocycles. The number of aromatic nitrogens is 1. The number of hydrogen-bond donors (Lipinski definition) is 1. The zero-order valence-corrected chi connectivity index (χ0v) is 13.4. The van der Waals surface area contributed by atoms with Gasteiger partial charge in [-0.1, -0.05) is 0 Å². The topological polar surface area (TPSA) is 69.6 Å². The van der Waals surface area contributed by atoms with Crippen LogP contribution < -0.4 is 20.3 Å². The summed E-state index contributed by atoms with van der Waals surface area (Å²) >= 11 is 0. The van der Waals surface area contributed by atoms with E-state index in [1.54, 1.807) is 12.1 Å². The molecule has 1 aromatic heterocycles. The van der Waals surface area contributed by atoms with Crippen LogP contribution in [0.4, 0.5) is 18.9 Å². The molecule has 9 heteroatoms. The van der Waals surface area contributed by atoms with Gasteiger partial charge >= 0.3 is 6.18 Å². The van der Waals surface area contributed by atoms with Crippen molar-refractivity contribution in [3.05, 3.63) is 52.4 Å². The Labute approximate surface area is 140 Å². The Hall–Kier alpha value is -2.97. The quantitative estimate of drug-likeness (QED) is 0.894. The zero-order chi connectivity index (χ0) is 18.6. The Bertz CT molecular complexity index is 831. The van der Waals surface area contributed by atoms with Gasteiger partial charge in [-0.3, -0.25) is 9.59 Å². The monoisotopic (exact) mass is 356 g/mol. The summed E-state index contributed by atoms with van der Waals surface area (Å²) in [4.78, 5) is 24.0. The van der Waals surface area contributed by atoms with Crippen molar-refractivity contribution in [3.63, 3.8) is 0 Å². The summed E-state index contributed by atoms with van der Waals surface area (Å²) in [5, 5.41) is 2.49. The highest BCUT2D eigenvalue weighted by Crippen LogP contribution is 2.29. The molecular formula is C16H15F3N2O4. The summed E-state index contributed by atoms with van der Waals surface area (Å²) in [7, 11) is 2.84. The number of methoxy groups -OCH3 is 2. The molecular weight excluding hydrogens is 341 g/mol. The number of carbonyl (C=O) groups excluding carboxylic acids is 1. The number of ether oxygens (including phenoxy) is 2. The van der Waals surface area contributed by atoms with Gasteiger partial charge in [0.05, 0.1) is 19.9 Å². The van der Waals surface area contributed by atoms with Crippen molar-refractivity contribution in [1.82, 2.24) is 4.57 Å². The zero-order valence-electron chi connectivity index (χ0n) is 13.4. The third-order valence-electron chi connectivity index (χ3n) is 3.32. The number of carbonyl (C=O) groups is 1. The number of hydrogen-bond acceptors (Lipinski definition) is 4. The normalized spacial score (nSPS) is 11.1. The Morgan fingerprint density at radius 1 is 1.20 bits per heavy atom. The van der Waals surface area contributed by atoms with Gasteiger partial charge in [0, 0.05) is 12.3 Å². The van der Waals surface area contributed by atoms with E-state index in [2.05, 4.69) is 5.32 Å². The van der Waals surface area contributed by atoms with Crippen LogP contribution >= 0.6 is 0 Å². The predicted molar refractivity (Wildman–Crippen MR) is 83.9 cm³/mol. The average Bonchev–Trinajstić information content (AvgIpc) is 2.55. The van der Waals surface area contributed by atoms with Gasteiger partial charge in [-0.2, -0.15) is 13.2 Å². The third-order valence-corrected chi connectivity index (χ3v) is 3.32. The first-order valence-electron chi connectivity index (χ1n) is 7.04. The fourth-order valence-corrected chi connectivity index (χ4v) is 2.13. The van der Waals surface area contributed by atoms with Crippen LogP contribution in [0, 0.1) is 0 Å². The summed E-state index contributed by atoms with van der Waals surface area (Å²) in [6.45, 7) is -0.580. The smallest absolute Gasteiger partial charge is 0.421 e. The molecule has 0 fully saturated rings. The van der Waals surface area contributed by atoms with E-state index < -0.39 is 29.8 Å². The number of nitrogens with zero attached hydrogens (tertiary/aromatic N) is 1. The Kier molecular flexibility index (Phi) is 5.35. The first-order valence-corrected chi connectivity index (χ1v) is 7.04. The molecule has 0 aliphatic rings. The van der Waals surface area contributed by atoms with Crippen molar-refractivity contribution < 1.29 is 27.4 Å². The highest BCUT2D eigenvalue weighted by Gasteiger charge is 2.34. The molecule has 0 saturated carbocycles. The van der Waals surface area contributed by atoms with Gasteiger partial charge in [0.2, 0.25) is 5.91 Å². The maximum absolute atomic E-state index is 12.8. The van der Waals surface area contributed by atoms with Crippen molar-refractivity contribution >= 4 is 11.6 Å². The molecule has 0 radical (unpaired) electrons. The fraction of sp³-hybridized carbons (Fsp3) is 0.250. The number of benzene rings is 1. The van der Waals surface area contributed by atoms with Crippen LogP contribution in [0.25, 0.3) is 0 Å². The highest BCUT2D eigenvalue weighted by molar-refractivity contribution is 5.92. The lowest BCUT2D eigenvalue weighted by atomic mass is 10.2. The van der Waals surface area contributed by atoms with Crippen molar-refractivity contribution in [1.29, 1.82) is 0 Å². The number of nitrogens with one attached hydrogen (secondary N) is 1. The molecule has 6 nitrogen and oxygen atoms in total. The van der Waals surface area contributed by atoms with E-state index >= 15 is 0 Å². The maximum atomic E-state index is 12.8.